The highest BCUT2D eigenvalue weighted by Gasteiger charge is 2.40. The molecular weight excluding hydrogens is 282 g/mol. The molecule has 0 aromatic carbocycles. The van der Waals surface area contributed by atoms with Gasteiger partial charge < -0.3 is 9.53 Å². The van der Waals surface area contributed by atoms with E-state index in [2.05, 4.69) is 13.8 Å². The summed E-state index contributed by atoms with van der Waals surface area (Å²) in [7, 11) is 0. The second-order valence-electron chi connectivity index (χ2n) is 7.53. The van der Waals surface area contributed by atoms with Gasteiger partial charge in [0.2, 0.25) is 0 Å². The van der Waals surface area contributed by atoms with Gasteiger partial charge in [0, 0.05) is 18.9 Å². The second kappa shape index (κ2) is 7.75. The SMILES string of the molecule is CC(C)CCCC(=O)C1CC(C=O)CN1C(=O)OC(C)(C)C. The van der Waals surface area contributed by atoms with Gasteiger partial charge in [0.25, 0.3) is 0 Å². The summed E-state index contributed by atoms with van der Waals surface area (Å²) in [6, 6.07) is -0.516. The van der Waals surface area contributed by atoms with E-state index in [0.29, 0.717) is 18.8 Å². The molecule has 1 aliphatic rings. The van der Waals surface area contributed by atoms with E-state index in [9.17, 15) is 14.4 Å². The standard InChI is InChI=1S/C17H29NO4/c1-12(2)7-6-8-15(20)14-9-13(11-19)10-18(14)16(21)22-17(3,4)5/h11-14H,6-10H2,1-5H3. The molecule has 1 fully saturated rings. The van der Waals surface area contributed by atoms with Crippen molar-refractivity contribution in [1.82, 2.24) is 4.90 Å². The lowest BCUT2D eigenvalue weighted by Crippen LogP contribution is -2.43. The van der Waals surface area contributed by atoms with Crippen molar-refractivity contribution in [3.63, 3.8) is 0 Å². The van der Waals surface area contributed by atoms with Gasteiger partial charge in [-0.05, 0) is 39.5 Å². The van der Waals surface area contributed by atoms with Crippen molar-refractivity contribution in [2.45, 2.75) is 71.9 Å². The van der Waals surface area contributed by atoms with Crippen LogP contribution in [0.1, 0.15) is 60.3 Å². The monoisotopic (exact) mass is 311 g/mol. The van der Waals surface area contributed by atoms with E-state index < -0.39 is 17.7 Å². The van der Waals surface area contributed by atoms with Gasteiger partial charge in [-0.1, -0.05) is 20.3 Å². The van der Waals surface area contributed by atoms with Crippen molar-refractivity contribution >= 4 is 18.2 Å². The van der Waals surface area contributed by atoms with Crippen LogP contribution in [0.25, 0.3) is 0 Å². The number of carbonyl (C=O) groups excluding carboxylic acids is 3. The second-order valence-corrected chi connectivity index (χ2v) is 7.53. The molecule has 2 atom stereocenters. The molecule has 1 saturated heterocycles. The molecule has 5 nitrogen and oxygen atoms in total. The van der Waals surface area contributed by atoms with Crippen LogP contribution in [0.5, 0.6) is 0 Å². The third-order valence-corrected chi connectivity index (χ3v) is 3.73. The molecule has 0 N–H and O–H groups in total. The first kappa shape index (κ1) is 18.7. The van der Waals surface area contributed by atoms with Crippen molar-refractivity contribution < 1.29 is 19.1 Å². The summed E-state index contributed by atoms with van der Waals surface area (Å²) in [4.78, 5) is 37.1. The van der Waals surface area contributed by atoms with Gasteiger partial charge in [0.15, 0.2) is 5.78 Å². The minimum Gasteiger partial charge on any atom is -0.444 e. The first-order chi connectivity index (χ1) is 10.1. The normalized spacial score (nSPS) is 22.0. The Labute approximate surface area is 133 Å². The average molecular weight is 311 g/mol. The zero-order valence-corrected chi connectivity index (χ0v) is 14.4. The Hall–Kier alpha value is -1.39. The molecule has 0 aromatic rings. The Morgan fingerprint density at radius 2 is 1.95 bits per heavy atom. The topological polar surface area (TPSA) is 63.7 Å². The molecule has 126 valence electrons. The number of amides is 1. The summed E-state index contributed by atoms with van der Waals surface area (Å²) in [5, 5.41) is 0. The highest BCUT2D eigenvalue weighted by atomic mass is 16.6. The first-order valence-corrected chi connectivity index (χ1v) is 8.11. The maximum absolute atomic E-state index is 12.4. The molecule has 1 amide bonds. The first-order valence-electron chi connectivity index (χ1n) is 8.11. The van der Waals surface area contributed by atoms with Crippen LogP contribution in [0.3, 0.4) is 0 Å². The maximum atomic E-state index is 12.4. The van der Waals surface area contributed by atoms with Crippen LogP contribution < -0.4 is 0 Å². The van der Waals surface area contributed by atoms with Gasteiger partial charge in [-0.25, -0.2) is 4.79 Å². The highest BCUT2D eigenvalue weighted by molar-refractivity contribution is 5.88. The van der Waals surface area contributed by atoms with Crippen LogP contribution in [0.15, 0.2) is 0 Å². The predicted molar refractivity (Wildman–Crippen MR) is 84.6 cm³/mol. The number of likely N-dealkylation sites (tertiary alicyclic amines) is 1. The summed E-state index contributed by atoms with van der Waals surface area (Å²) in [6.07, 6.45) is 3.01. The summed E-state index contributed by atoms with van der Waals surface area (Å²) >= 11 is 0. The number of ether oxygens (including phenoxy) is 1. The van der Waals surface area contributed by atoms with E-state index in [4.69, 9.17) is 4.74 Å². The lowest BCUT2D eigenvalue weighted by molar-refractivity contribution is -0.123. The van der Waals surface area contributed by atoms with E-state index >= 15 is 0 Å². The van der Waals surface area contributed by atoms with Crippen LogP contribution in [0, 0.1) is 11.8 Å². The molecule has 1 aliphatic heterocycles. The largest absolute Gasteiger partial charge is 0.444 e. The van der Waals surface area contributed by atoms with Crippen molar-refractivity contribution in [2.75, 3.05) is 6.54 Å². The van der Waals surface area contributed by atoms with Crippen LogP contribution in [0.4, 0.5) is 4.79 Å². The quantitative estimate of drug-likeness (QED) is 0.707. The van der Waals surface area contributed by atoms with Crippen LogP contribution in [-0.4, -0.2) is 41.3 Å². The molecule has 5 heteroatoms. The van der Waals surface area contributed by atoms with Gasteiger partial charge in [-0.3, -0.25) is 9.69 Å². The Kier molecular flexibility index (Phi) is 6.57. The maximum Gasteiger partial charge on any atom is 0.410 e. The molecule has 22 heavy (non-hydrogen) atoms. The number of Topliss-reactive ketones (excluding diaryl/α,β-unsaturated/α-hetero) is 1. The van der Waals surface area contributed by atoms with Gasteiger partial charge in [0.05, 0.1) is 6.04 Å². The van der Waals surface area contributed by atoms with E-state index in [1.54, 1.807) is 20.8 Å². The lowest BCUT2D eigenvalue weighted by Gasteiger charge is -2.28. The van der Waals surface area contributed by atoms with E-state index in [1.165, 1.54) is 4.90 Å². The van der Waals surface area contributed by atoms with Gasteiger partial charge in [-0.15, -0.1) is 0 Å². The lowest BCUT2D eigenvalue weighted by atomic mass is 9.98. The zero-order chi connectivity index (χ0) is 16.9. The fraction of sp³-hybridized carbons (Fsp3) is 0.824. The van der Waals surface area contributed by atoms with Gasteiger partial charge in [0.1, 0.15) is 11.9 Å². The summed E-state index contributed by atoms with van der Waals surface area (Å²) < 4.78 is 5.36. The summed E-state index contributed by atoms with van der Waals surface area (Å²) in [5.74, 6) is 0.323. The van der Waals surface area contributed by atoms with Gasteiger partial charge in [-0.2, -0.15) is 0 Å². The van der Waals surface area contributed by atoms with E-state index in [0.717, 1.165) is 19.1 Å². The zero-order valence-electron chi connectivity index (χ0n) is 14.4. The molecular formula is C17H29NO4. The number of aldehydes is 1. The molecule has 0 saturated carbocycles. The number of ketones is 1. The molecule has 0 aliphatic carbocycles. The third kappa shape index (κ3) is 5.78. The minimum absolute atomic E-state index is 0.0378. The van der Waals surface area contributed by atoms with Crippen LogP contribution in [0.2, 0.25) is 0 Å². The number of hydrogen-bond acceptors (Lipinski definition) is 4. The fourth-order valence-electron chi connectivity index (χ4n) is 2.65. The summed E-state index contributed by atoms with van der Waals surface area (Å²) in [5.41, 5.74) is -0.610. The molecule has 0 aromatic heterocycles. The Morgan fingerprint density at radius 3 is 2.45 bits per heavy atom. The number of nitrogens with zero attached hydrogens (tertiary/aromatic N) is 1. The smallest absolute Gasteiger partial charge is 0.410 e. The average Bonchev–Trinajstić information content (AvgIpc) is 2.80. The summed E-state index contributed by atoms with van der Waals surface area (Å²) in [6.45, 7) is 9.89. The molecule has 0 spiro atoms. The van der Waals surface area contributed by atoms with Crippen molar-refractivity contribution in [1.29, 1.82) is 0 Å². The fourth-order valence-corrected chi connectivity index (χ4v) is 2.65. The predicted octanol–water partition coefficient (Wildman–Crippen LogP) is 3.21. The highest BCUT2D eigenvalue weighted by Crippen LogP contribution is 2.26. The molecule has 2 unspecified atom stereocenters. The number of hydrogen-bond donors (Lipinski definition) is 0. The third-order valence-electron chi connectivity index (χ3n) is 3.73. The minimum atomic E-state index is -0.610. The Morgan fingerprint density at radius 1 is 1.32 bits per heavy atom. The Bertz CT molecular complexity index is 411. The Balaban J connectivity index is 2.69. The molecule has 1 heterocycles. The van der Waals surface area contributed by atoms with E-state index in [-0.39, 0.29) is 18.2 Å². The van der Waals surface area contributed by atoms with Crippen LogP contribution in [-0.2, 0) is 14.3 Å². The molecule has 1 rings (SSSR count). The molecule has 0 bridgehead atoms. The number of carbonyl (C=O) groups is 3. The number of rotatable bonds is 6. The van der Waals surface area contributed by atoms with Crippen LogP contribution >= 0.6 is 0 Å². The molecule has 0 radical (unpaired) electrons. The van der Waals surface area contributed by atoms with Crippen molar-refractivity contribution in [3.05, 3.63) is 0 Å². The van der Waals surface area contributed by atoms with Gasteiger partial charge >= 0.3 is 6.09 Å². The van der Waals surface area contributed by atoms with Crippen molar-refractivity contribution in [2.24, 2.45) is 11.8 Å². The van der Waals surface area contributed by atoms with Crippen molar-refractivity contribution in [3.8, 4) is 0 Å². The van der Waals surface area contributed by atoms with E-state index in [1.807, 2.05) is 0 Å².